The van der Waals surface area contributed by atoms with Crippen molar-refractivity contribution in [2.75, 3.05) is 19.7 Å². The molecule has 1 N–H and O–H groups in total. The molecule has 2 aliphatic heterocycles. The zero-order valence-corrected chi connectivity index (χ0v) is 10.9. The van der Waals surface area contributed by atoms with Gasteiger partial charge in [-0.1, -0.05) is 0 Å². The second kappa shape index (κ2) is 4.65. The number of hydrogen-bond donors (Lipinski definition) is 1. The summed E-state index contributed by atoms with van der Waals surface area (Å²) in [6.45, 7) is 5.40. The first-order valence-electron chi connectivity index (χ1n) is 6.13. The molecule has 0 amide bonds. The quantitative estimate of drug-likeness (QED) is 0.887. The predicted octanol–water partition coefficient (Wildman–Crippen LogP) is 1.49. The van der Waals surface area contributed by atoms with Gasteiger partial charge in [0.15, 0.2) is 0 Å². The van der Waals surface area contributed by atoms with Gasteiger partial charge in [0, 0.05) is 18.3 Å². The van der Waals surface area contributed by atoms with Crippen LogP contribution in [0.2, 0.25) is 0 Å². The normalized spacial score (nSPS) is 32.6. The van der Waals surface area contributed by atoms with Crippen LogP contribution in [0.4, 0.5) is 0 Å². The molecule has 3 heterocycles. The summed E-state index contributed by atoms with van der Waals surface area (Å²) in [7, 11) is 0. The fourth-order valence-corrected chi connectivity index (χ4v) is 3.20. The van der Waals surface area contributed by atoms with Crippen molar-refractivity contribution in [3.63, 3.8) is 0 Å². The molecule has 0 aliphatic carbocycles. The molecule has 2 aliphatic rings. The van der Waals surface area contributed by atoms with Crippen molar-refractivity contribution in [2.45, 2.75) is 38.1 Å². The third-order valence-corrected chi connectivity index (χ3v) is 4.34. The highest BCUT2D eigenvalue weighted by Gasteiger charge is 2.42. The smallest absolute Gasteiger partial charge is 0.0901 e. The van der Waals surface area contributed by atoms with Crippen LogP contribution in [0.3, 0.4) is 0 Å². The van der Waals surface area contributed by atoms with Crippen molar-refractivity contribution < 1.29 is 9.47 Å². The molecule has 94 valence electrons. The Balaban J connectivity index is 1.50. The Kier molecular flexibility index (Phi) is 3.17. The molecule has 0 aromatic carbocycles. The maximum Gasteiger partial charge on any atom is 0.0901 e. The Morgan fingerprint density at radius 3 is 3.35 bits per heavy atom. The average molecular weight is 254 g/mol. The predicted molar refractivity (Wildman–Crippen MR) is 66.2 cm³/mol. The number of nitrogens with zero attached hydrogens (tertiary/aromatic N) is 1. The number of thiazole rings is 1. The van der Waals surface area contributed by atoms with Crippen molar-refractivity contribution in [1.29, 1.82) is 0 Å². The lowest BCUT2D eigenvalue weighted by Gasteiger charge is -2.20. The van der Waals surface area contributed by atoms with Gasteiger partial charge < -0.3 is 14.8 Å². The molecule has 4 nitrogen and oxygen atoms in total. The van der Waals surface area contributed by atoms with E-state index in [9.17, 15) is 0 Å². The van der Waals surface area contributed by atoms with Crippen LogP contribution in [0.25, 0.3) is 0 Å². The Labute approximate surface area is 105 Å². The minimum atomic E-state index is 0.0582. The van der Waals surface area contributed by atoms with Gasteiger partial charge in [-0.25, -0.2) is 4.98 Å². The van der Waals surface area contributed by atoms with Gasteiger partial charge in [0.2, 0.25) is 0 Å². The summed E-state index contributed by atoms with van der Waals surface area (Å²) in [5.41, 5.74) is 1.10. The van der Waals surface area contributed by atoms with Crippen molar-refractivity contribution in [3.05, 3.63) is 16.1 Å². The summed E-state index contributed by atoms with van der Waals surface area (Å²) in [4.78, 5) is 4.40. The standard InChI is InChI=1S/C12H18N2O2S/c1-9-14-10(7-17-9)5-15-11-4-12(16-6-11)2-3-13-8-12/h7,11,13H,2-6,8H2,1H3. The average Bonchev–Trinajstić information content (AvgIpc) is 3.01. The molecule has 0 saturated carbocycles. The van der Waals surface area contributed by atoms with E-state index >= 15 is 0 Å². The van der Waals surface area contributed by atoms with Gasteiger partial charge in [-0.3, -0.25) is 0 Å². The van der Waals surface area contributed by atoms with Gasteiger partial charge in [-0.05, 0) is 19.9 Å². The Morgan fingerprint density at radius 2 is 2.65 bits per heavy atom. The van der Waals surface area contributed by atoms with Crippen molar-refractivity contribution in [1.82, 2.24) is 10.3 Å². The van der Waals surface area contributed by atoms with Gasteiger partial charge in [-0.15, -0.1) is 11.3 Å². The molecule has 1 spiro atoms. The maximum atomic E-state index is 5.90. The Morgan fingerprint density at radius 1 is 1.71 bits per heavy atom. The van der Waals surface area contributed by atoms with Crippen LogP contribution in [0.5, 0.6) is 0 Å². The summed E-state index contributed by atoms with van der Waals surface area (Å²) in [6, 6.07) is 0. The second-order valence-electron chi connectivity index (χ2n) is 4.92. The van der Waals surface area contributed by atoms with E-state index in [1.807, 2.05) is 6.92 Å². The summed E-state index contributed by atoms with van der Waals surface area (Å²) < 4.78 is 11.8. The van der Waals surface area contributed by atoms with Crippen LogP contribution < -0.4 is 5.32 Å². The molecule has 5 heteroatoms. The molecule has 2 unspecified atom stereocenters. The highest BCUT2D eigenvalue weighted by Crippen LogP contribution is 2.33. The SMILES string of the molecule is Cc1nc(COC2COC3(CCNC3)C2)cs1. The van der Waals surface area contributed by atoms with Crippen LogP contribution in [-0.4, -0.2) is 36.4 Å². The number of nitrogens with one attached hydrogen (secondary N) is 1. The molecular weight excluding hydrogens is 236 g/mol. The van der Waals surface area contributed by atoms with Crippen LogP contribution in [0, 0.1) is 6.92 Å². The summed E-state index contributed by atoms with van der Waals surface area (Å²) in [6.07, 6.45) is 2.36. The monoisotopic (exact) mass is 254 g/mol. The third kappa shape index (κ3) is 2.52. The number of aromatic nitrogens is 1. The van der Waals surface area contributed by atoms with E-state index in [-0.39, 0.29) is 11.7 Å². The molecule has 2 atom stereocenters. The minimum Gasteiger partial charge on any atom is -0.371 e. The summed E-state index contributed by atoms with van der Waals surface area (Å²) >= 11 is 1.67. The van der Waals surface area contributed by atoms with Gasteiger partial charge in [0.05, 0.1) is 35.6 Å². The molecule has 17 heavy (non-hydrogen) atoms. The van der Waals surface area contributed by atoms with E-state index in [0.717, 1.165) is 43.2 Å². The number of hydrogen-bond acceptors (Lipinski definition) is 5. The Hall–Kier alpha value is -0.490. The second-order valence-corrected chi connectivity index (χ2v) is 5.98. The van der Waals surface area contributed by atoms with Crippen LogP contribution in [0.1, 0.15) is 23.5 Å². The molecular formula is C12H18N2O2S. The van der Waals surface area contributed by atoms with Crippen LogP contribution in [-0.2, 0) is 16.1 Å². The summed E-state index contributed by atoms with van der Waals surface area (Å²) in [5.74, 6) is 0. The molecule has 0 bridgehead atoms. The van der Waals surface area contributed by atoms with E-state index in [2.05, 4.69) is 15.7 Å². The van der Waals surface area contributed by atoms with Crippen LogP contribution in [0.15, 0.2) is 5.38 Å². The van der Waals surface area contributed by atoms with E-state index in [0.29, 0.717) is 6.61 Å². The number of rotatable bonds is 3. The number of aryl methyl sites for hydroxylation is 1. The number of ether oxygens (including phenoxy) is 2. The van der Waals surface area contributed by atoms with E-state index in [1.165, 1.54) is 0 Å². The van der Waals surface area contributed by atoms with Crippen molar-refractivity contribution >= 4 is 11.3 Å². The molecule has 1 aromatic heterocycles. The largest absolute Gasteiger partial charge is 0.371 e. The van der Waals surface area contributed by atoms with Crippen LogP contribution >= 0.6 is 11.3 Å². The fraction of sp³-hybridized carbons (Fsp3) is 0.750. The molecule has 2 fully saturated rings. The highest BCUT2D eigenvalue weighted by atomic mass is 32.1. The fourth-order valence-electron chi connectivity index (χ4n) is 2.61. The lowest BCUT2D eigenvalue weighted by Crippen LogP contribution is -2.30. The Bertz CT molecular complexity index is 388. The zero-order chi connectivity index (χ0) is 11.7. The lowest BCUT2D eigenvalue weighted by molar-refractivity contribution is 0.00460. The van der Waals surface area contributed by atoms with Crippen molar-refractivity contribution in [2.24, 2.45) is 0 Å². The topological polar surface area (TPSA) is 43.4 Å². The first kappa shape index (κ1) is 11.6. The highest BCUT2D eigenvalue weighted by molar-refractivity contribution is 7.09. The van der Waals surface area contributed by atoms with E-state index < -0.39 is 0 Å². The third-order valence-electron chi connectivity index (χ3n) is 3.51. The molecule has 1 aromatic rings. The van der Waals surface area contributed by atoms with E-state index in [1.54, 1.807) is 11.3 Å². The summed E-state index contributed by atoms with van der Waals surface area (Å²) in [5, 5.41) is 6.53. The molecule has 3 rings (SSSR count). The maximum absolute atomic E-state index is 5.90. The van der Waals surface area contributed by atoms with Gasteiger partial charge in [-0.2, -0.15) is 0 Å². The van der Waals surface area contributed by atoms with Gasteiger partial charge >= 0.3 is 0 Å². The molecule has 0 radical (unpaired) electrons. The molecule has 2 saturated heterocycles. The minimum absolute atomic E-state index is 0.0582. The van der Waals surface area contributed by atoms with E-state index in [4.69, 9.17) is 9.47 Å². The zero-order valence-electron chi connectivity index (χ0n) is 10.1. The first-order valence-corrected chi connectivity index (χ1v) is 7.01. The van der Waals surface area contributed by atoms with Gasteiger partial charge in [0.1, 0.15) is 0 Å². The van der Waals surface area contributed by atoms with Crippen molar-refractivity contribution in [3.8, 4) is 0 Å². The first-order chi connectivity index (χ1) is 8.26. The lowest BCUT2D eigenvalue weighted by atomic mass is 9.98. The van der Waals surface area contributed by atoms with Gasteiger partial charge in [0.25, 0.3) is 0 Å².